The number of carbonyl (C=O) groups is 1. The molecule has 0 rings (SSSR count). The van der Waals surface area contributed by atoms with E-state index in [-0.39, 0.29) is 0 Å². The molecule has 0 aliphatic carbocycles. The third-order valence-corrected chi connectivity index (χ3v) is 1.90. The zero-order valence-corrected chi connectivity index (χ0v) is 8.15. The Morgan fingerprint density at radius 2 is 1.75 bits per heavy atom. The first-order chi connectivity index (χ1) is 5.77. The Balaban J connectivity index is 2.86. The monoisotopic (exact) mass is 191 g/mol. The lowest BCUT2D eigenvalue weighted by Crippen LogP contribution is -2.00. The fraction of sp³-hybridized carbons (Fsp3) is 0.875. The molecule has 0 aromatic rings. The second-order valence-electron chi connectivity index (χ2n) is 2.82. The number of nitrogens with one attached hydrogen (secondary N) is 1. The Kier molecular flexibility index (Phi) is 8.71. The van der Waals surface area contributed by atoms with E-state index in [0.717, 1.165) is 38.6 Å². The van der Waals surface area contributed by atoms with Crippen LogP contribution in [0.15, 0.2) is 0 Å². The van der Waals surface area contributed by atoms with Crippen LogP contribution in [0, 0.1) is 0 Å². The van der Waals surface area contributed by atoms with Crippen molar-refractivity contribution in [3.63, 3.8) is 0 Å². The van der Waals surface area contributed by atoms with E-state index in [2.05, 4.69) is 17.5 Å². The average molecular weight is 191 g/mol. The Labute approximate surface area is 79.1 Å². The van der Waals surface area contributed by atoms with Gasteiger partial charge in [-0.25, -0.2) is 0 Å². The molecule has 0 aliphatic heterocycles. The second-order valence-corrected chi connectivity index (χ2v) is 3.14. The lowest BCUT2D eigenvalue weighted by molar-refractivity contribution is -0.137. The van der Waals surface area contributed by atoms with Gasteiger partial charge in [0.15, 0.2) is 0 Å². The Bertz CT molecular complexity index is 120. The molecule has 0 saturated heterocycles. The number of carboxylic acid groups (broad SMARTS) is 1. The highest BCUT2D eigenvalue weighted by molar-refractivity contribution is 7.78. The third kappa shape index (κ3) is 9.78. The molecular formula is C8H17NO2S. The van der Waals surface area contributed by atoms with E-state index >= 15 is 0 Å². The van der Waals surface area contributed by atoms with Crippen molar-refractivity contribution in [2.24, 2.45) is 0 Å². The molecule has 0 atom stereocenters. The minimum absolute atomic E-state index is 0.310. The van der Waals surface area contributed by atoms with Crippen molar-refractivity contribution in [2.45, 2.75) is 38.5 Å². The van der Waals surface area contributed by atoms with Crippen LogP contribution in [-0.4, -0.2) is 17.6 Å². The largest absolute Gasteiger partial charge is 0.481 e. The average Bonchev–Trinajstić information content (AvgIpc) is 2.02. The van der Waals surface area contributed by atoms with Crippen LogP contribution in [0.2, 0.25) is 0 Å². The fourth-order valence-corrected chi connectivity index (χ4v) is 1.17. The van der Waals surface area contributed by atoms with Gasteiger partial charge in [-0.05, 0) is 12.8 Å². The molecule has 0 amide bonds. The number of hydrogen-bond donors (Lipinski definition) is 3. The van der Waals surface area contributed by atoms with Gasteiger partial charge in [0.2, 0.25) is 0 Å². The lowest BCUT2D eigenvalue weighted by Gasteiger charge is -1.98. The summed E-state index contributed by atoms with van der Waals surface area (Å²) in [6, 6.07) is 0. The van der Waals surface area contributed by atoms with Crippen LogP contribution in [0.3, 0.4) is 0 Å². The van der Waals surface area contributed by atoms with Gasteiger partial charge < -0.3 is 5.11 Å². The molecule has 12 heavy (non-hydrogen) atoms. The van der Waals surface area contributed by atoms with Gasteiger partial charge in [-0.3, -0.25) is 9.52 Å². The van der Waals surface area contributed by atoms with Gasteiger partial charge >= 0.3 is 5.97 Å². The van der Waals surface area contributed by atoms with Gasteiger partial charge in [0.1, 0.15) is 0 Å². The maximum atomic E-state index is 10.1. The van der Waals surface area contributed by atoms with Crippen LogP contribution in [0.25, 0.3) is 0 Å². The van der Waals surface area contributed by atoms with Crippen molar-refractivity contribution in [3.05, 3.63) is 0 Å². The summed E-state index contributed by atoms with van der Waals surface area (Å²) in [5.74, 6) is -0.688. The predicted molar refractivity (Wildman–Crippen MR) is 52.3 cm³/mol. The van der Waals surface area contributed by atoms with Crippen LogP contribution < -0.4 is 4.72 Å². The molecule has 0 fully saturated rings. The predicted octanol–water partition coefficient (Wildman–Crippen LogP) is 1.85. The van der Waals surface area contributed by atoms with Gasteiger partial charge in [0.25, 0.3) is 0 Å². The van der Waals surface area contributed by atoms with Crippen LogP contribution >= 0.6 is 12.8 Å². The summed E-state index contributed by atoms with van der Waals surface area (Å²) in [6.07, 6.45) is 5.56. The minimum Gasteiger partial charge on any atom is -0.481 e. The van der Waals surface area contributed by atoms with E-state index in [4.69, 9.17) is 5.11 Å². The SMILES string of the molecule is O=C(O)CCCCCCCNS. The maximum absolute atomic E-state index is 10.1. The summed E-state index contributed by atoms with van der Waals surface area (Å²) in [7, 11) is 0. The molecule has 0 aromatic heterocycles. The highest BCUT2D eigenvalue weighted by Gasteiger charge is 1.95. The summed E-state index contributed by atoms with van der Waals surface area (Å²) < 4.78 is 2.78. The Hall–Kier alpha value is -0.220. The van der Waals surface area contributed by atoms with E-state index < -0.39 is 5.97 Å². The topological polar surface area (TPSA) is 49.3 Å². The van der Waals surface area contributed by atoms with Crippen LogP contribution in [0.1, 0.15) is 38.5 Å². The Morgan fingerprint density at radius 1 is 1.17 bits per heavy atom. The Morgan fingerprint density at radius 3 is 2.33 bits per heavy atom. The van der Waals surface area contributed by atoms with Gasteiger partial charge in [0, 0.05) is 13.0 Å². The first-order valence-electron chi connectivity index (χ1n) is 4.36. The number of carboxylic acids is 1. The summed E-state index contributed by atoms with van der Waals surface area (Å²) in [5, 5.41) is 8.33. The van der Waals surface area contributed by atoms with E-state index in [1.165, 1.54) is 0 Å². The summed E-state index contributed by atoms with van der Waals surface area (Å²) >= 11 is 3.86. The molecule has 0 saturated carbocycles. The molecule has 2 N–H and O–H groups in total. The quantitative estimate of drug-likeness (QED) is 0.405. The van der Waals surface area contributed by atoms with Crippen molar-refractivity contribution < 1.29 is 9.90 Å². The second kappa shape index (κ2) is 8.87. The summed E-state index contributed by atoms with van der Waals surface area (Å²) in [5.41, 5.74) is 0. The zero-order valence-electron chi connectivity index (χ0n) is 7.25. The summed E-state index contributed by atoms with van der Waals surface area (Å²) in [4.78, 5) is 10.1. The van der Waals surface area contributed by atoms with E-state index in [1.54, 1.807) is 0 Å². The van der Waals surface area contributed by atoms with Gasteiger partial charge in [-0.15, -0.1) is 0 Å². The standard InChI is InChI=1S/C8H17NO2S/c10-8(11)6-4-2-1-3-5-7-9-12/h9,12H,1-7H2,(H,10,11). The molecule has 0 radical (unpaired) electrons. The van der Waals surface area contributed by atoms with Crippen molar-refractivity contribution in [1.29, 1.82) is 0 Å². The molecule has 0 heterocycles. The molecule has 4 heteroatoms. The minimum atomic E-state index is -0.688. The summed E-state index contributed by atoms with van der Waals surface area (Å²) in [6.45, 7) is 0.933. The van der Waals surface area contributed by atoms with Crippen molar-refractivity contribution in [2.75, 3.05) is 6.54 Å². The van der Waals surface area contributed by atoms with Gasteiger partial charge in [-0.1, -0.05) is 32.1 Å². The number of unbranched alkanes of at least 4 members (excludes halogenated alkanes) is 4. The molecule has 0 aliphatic rings. The van der Waals surface area contributed by atoms with E-state index in [0.29, 0.717) is 6.42 Å². The lowest BCUT2D eigenvalue weighted by atomic mass is 10.1. The molecule has 0 unspecified atom stereocenters. The first-order valence-corrected chi connectivity index (χ1v) is 4.81. The van der Waals surface area contributed by atoms with E-state index in [9.17, 15) is 4.79 Å². The molecular weight excluding hydrogens is 174 g/mol. The normalized spacial score (nSPS) is 10.1. The maximum Gasteiger partial charge on any atom is 0.303 e. The van der Waals surface area contributed by atoms with Gasteiger partial charge in [-0.2, -0.15) is 0 Å². The highest BCUT2D eigenvalue weighted by Crippen LogP contribution is 2.04. The highest BCUT2D eigenvalue weighted by atomic mass is 32.1. The number of thiol groups is 1. The van der Waals surface area contributed by atoms with Crippen LogP contribution in [0.4, 0.5) is 0 Å². The number of hydrogen-bond acceptors (Lipinski definition) is 3. The smallest absolute Gasteiger partial charge is 0.303 e. The molecule has 0 aromatic carbocycles. The number of rotatable bonds is 8. The van der Waals surface area contributed by atoms with E-state index in [1.807, 2.05) is 0 Å². The fourth-order valence-electron chi connectivity index (χ4n) is 1.01. The molecule has 3 nitrogen and oxygen atoms in total. The molecule has 0 bridgehead atoms. The van der Waals surface area contributed by atoms with Crippen molar-refractivity contribution in [3.8, 4) is 0 Å². The third-order valence-electron chi connectivity index (χ3n) is 1.68. The van der Waals surface area contributed by atoms with Crippen LogP contribution in [0.5, 0.6) is 0 Å². The van der Waals surface area contributed by atoms with Gasteiger partial charge in [0.05, 0.1) is 0 Å². The van der Waals surface area contributed by atoms with Crippen molar-refractivity contribution in [1.82, 2.24) is 4.72 Å². The van der Waals surface area contributed by atoms with Crippen LogP contribution in [-0.2, 0) is 4.79 Å². The van der Waals surface area contributed by atoms with Crippen molar-refractivity contribution >= 4 is 18.8 Å². The zero-order chi connectivity index (χ0) is 9.23. The number of aliphatic carboxylic acids is 1. The molecule has 0 spiro atoms. The first kappa shape index (κ1) is 11.8. The molecule has 72 valence electrons.